The number of carbonyl (C=O) groups excluding carboxylic acids is 1. The number of amides is 1. The third-order valence-corrected chi connectivity index (χ3v) is 5.33. The second kappa shape index (κ2) is 6.61. The predicted molar refractivity (Wildman–Crippen MR) is 90.3 cm³/mol. The average molecular weight is 353 g/mol. The van der Waals surface area contributed by atoms with E-state index in [1.165, 1.54) is 0 Å². The Kier molecular flexibility index (Phi) is 4.69. The quantitative estimate of drug-likeness (QED) is 0.846. The van der Waals surface area contributed by atoms with Gasteiger partial charge in [0.2, 0.25) is 5.91 Å². The third kappa shape index (κ3) is 3.08. The van der Waals surface area contributed by atoms with Gasteiger partial charge in [-0.3, -0.25) is 4.79 Å². The van der Waals surface area contributed by atoms with E-state index in [0.29, 0.717) is 30.8 Å². The SMILES string of the molecule is COC1CC(NC(=O)C2CCN(c3ccccc3Cl)C2)(C(=O)O)C1. The van der Waals surface area contributed by atoms with Gasteiger partial charge in [-0.1, -0.05) is 23.7 Å². The van der Waals surface area contributed by atoms with Gasteiger partial charge in [0.15, 0.2) is 0 Å². The molecule has 24 heavy (non-hydrogen) atoms. The lowest BCUT2D eigenvalue weighted by Crippen LogP contribution is -2.65. The second-order valence-corrected chi connectivity index (χ2v) is 6.93. The highest BCUT2D eigenvalue weighted by Gasteiger charge is 2.52. The van der Waals surface area contributed by atoms with Gasteiger partial charge in [-0.05, 0) is 18.6 Å². The number of hydrogen-bond acceptors (Lipinski definition) is 4. The molecular formula is C17H21ClN2O4. The van der Waals surface area contributed by atoms with E-state index in [0.717, 1.165) is 12.2 Å². The van der Waals surface area contributed by atoms with E-state index in [1.807, 2.05) is 24.3 Å². The standard InChI is InChI=1S/C17H21ClN2O4/c1-24-12-8-17(9-12,16(22)23)19-15(21)11-6-7-20(10-11)14-5-3-2-4-13(14)18/h2-5,11-12H,6-10H2,1H3,(H,19,21)(H,22,23). The van der Waals surface area contributed by atoms with Gasteiger partial charge in [0, 0.05) is 33.0 Å². The molecule has 1 aromatic rings. The number of para-hydroxylation sites is 1. The Balaban J connectivity index is 1.63. The first-order valence-corrected chi connectivity index (χ1v) is 8.40. The van der Waals surface area contributed by atoms with Gasteiger partial charge in [0.25, 0.3) is 0 Å². The molecule has 1 aliphatic heterocycles. The van der Waals surface area contributed by atoms with Crippen molar-refractivity contribution in [3.8, 4) is 0 Å². The minimum atomic E-state index is -1.18. The molecule has 1 saturated heterocycles. The normalized spacial score (nSPS) is 29.2. The average Bonchev–Trinajstić information content (AvgIpc) is 3.00. The van der Waals surface area contributed by atoms with Crippen LogP contribution in [0.3, 0.4) is 0 Å². The summed E-state index contributed by atoms with van der Waals surface area (Å²) in [5, 5.41) is 12.9. The lowest BCUT2D eigenvalue weighted by Gasteiger charge is -2.44. The Labute approximate surface area is 145 Å². The minimum Gasteiger partial charge on any atom is -0.480 e. The van der Waals surface area contributed by atoms with Crippen LogP contribution in [0.2, 0.25) is 5.02 Å². The molecule has 6 nitrogen and oxygen atoms in total. The van der Waals surface area contributed by atoms with E-state index < -0.39 is 11.5 Å². The molecule has 1 aliphatic carbocycles. The van der Waals surface area contributed by atoms with Crippen LogP contribution in [0.1, 0.15) is 19.3 Å². The molecule has 1 saturated carbocycles. The Bertz CT molecular complexity index is 645. The molecule has 7 heteroatoms. The van der Waals surface area contributed by atoms with Crippen molar-refractivity contribution in [1.29, 1.82) is 0 Å². The van der Waals surface area contributed by atoms with Gasteiger partial charge < -0.3 is 20.1 Å². The maximum atomic E-state index is 12.5. The first-order valence-electron chi connectivity index (χ1n) is 8.03. The van der Waals surface area contributed by atoms with Crippen LogP contribution in [0, 0.1) is 5.92 Å². The minimum absolute atomic E-state index is 0.107. The van der Waals surface area contributed by atoms with Gasteiger partial charge in [-0.15, -0.1) is 0 Å². The summed E-state index contributed by atoms with van der Waals surface area (Å²) in [6, 6.07) is 7.53. The van der Waals surface area contributed by atoms with Gasteiger partial charge >= 0.3 is 5.97 Å². The molecular weight excluding hydrogens is 332 g/mol. The van der Waals surface area contributed by atoms with Crippen LogP contribution < -0.4 is 10.2 Å². The molecule has 2 N–H and O–H groups in total. The van der Waals surface area contributed by atoms with Crippen molar-refractivity contribution in [3.05, 3.63) is 29.3 Å². The number of ether oxygens (including phenoxy) is 1. The number of nitrogens with zero attached hydrogens (tertiary/aromatic N) is 1. The number of hydrogen-bond donors (Lipinski definition) is 2. The molecule has 130 valence electrons. The molecule has 0 radical (unpaired) electrons. The summed E-state index contributed by atoms with van der Waals surface area (Å²) in [6.45, 7) is 1.27. The highest BCUT2D eigenvalue weighted by atomic mass is 35.5. The van der Waals surface area contributed by atoms with Crippen molar-refractivity contribution in [2.24, 2.45) is 5.92 Å². The lowest BCUT2D eigenvalue weighted by molar-refractivity contribution is -0.159. The van der Waals surface area contributed by atoms with E-state index in [1.54, 1.807) is 7.11 Å². The number of rotatable bonds is 5. The molecule has 0 spiro atoms. The summed E-state index contributed by atoms with van der Waals surface area (Å²) in [4.78, 5) is 26.2. The smallest absolute Gasteiger partial charge is 0.329 e. The number of carboxylic acids is 1. The Hall–Kier alpha value is -1.79. The number of anilines is 1. The van der Waals surface area contributed by atoms with Crippen molar-refractivity contribution < 1.29 is 19.4 Å². The Morgan fingerprint density at radius 1 is 1.38 bits per heavy atom. The summed E-state index contributed by atoms with van der Waals surface area (Å²) in [6.07, 6.45) is 1.20. The largest absolute Gasteiger partial charge is 0.480 e. The number of halogens is 1. The van der Waals surface area contributed by atoms with Crippen LogP contribution in [0.25, 0.3) is 0 Å². The summed E-state index contributed by atoms with van der Waals surface area (Å²) in [7, 11) is 1.55. The van der Waals surface area contributed by atoms with Crippen LogP contribution in [0.4, 0.5) is 5.69 Å². The van der Waals surface area contributed by atoms with Crippen molar-refractivity contribution >= 4 is 29.2 Å². The molecule has 1 aromatic carbocycles. The van der Waals surface area contributed by atoms with Crippen LogP contribution in [-0.2, 0) is 14.3 Å². The summed E-state index contributed by atoms with van der Waals surface area (Å²) >= 11 is 6.21. The van der Waals surface area contributed by atoms with E-state index in [-0.39, 0.29) is 17.9 Å². The van der Waals surface area contributed by atoms with Gasteiger partial charge in [0.05, 0.1) is 22.7 Å². The van der Waals surface area contributed by atoms with Crippen molar-refractivity contribution in [2.45, 2.75) is 30.9 Å². The number of aliphatic carboxylic acids is 1. The molecule has 0 aromatic heterocycles. The molecule has 1 atom stereocenters. The monoisotopic (exact) mass is 352 g/mol. The molecule has 2 aliphatic rings. The second-order valence-electron chi connectivity index (χ2n) is 6.53. The molecule has 1 heterocycles. The van der Waals surface area contributed by atoms with Crippen molar-refractivity contribution in [1.82, 2.24) is 5.32 Å². The maximum Gasteiger partial charge on any atom is 0.329 e. The Morgan fingerprint density at radius 3 is 2.71 bits per heavy atom. The first kappa shape index (κ1) is 17.0. The number of carboxylic acid groups (broad SMARTS) is 1. The zero-order chi connectivity index (χ0) is 17.3. The number of carbonyl (C=O) groups is 2. The molecule has 2 fully saturated rings. The van der Waals surface area contributed by atoms with Gasteiger partial charge in [-0.2, -0.15) is 0 Å². The summed E-state index contributed by atoms with van der Waals surface area (Å²) < 4.78 is 5.15. The predicted octanol–water partition coefficient (Wildman–Crippen LogP) is 1.91. The fourth-order valence-corrected chi connectivity index (χ4v) is 3.71. The van der Waals surface area contributed by atoms with Crippen LogP contribution >= 0.6 is 11.6 Å². The van der Waals surface area contributed by atoms with Crippen molar-refractivity contribution in [2.75, 3.05) is 25.1 Å². The lowest BCUT2D eigenvalue weighted by atomic mass is 9.73. The fraction of sp³-hybridized carbons (Fsp3) is 0.529. The van der Waals surface area contributed by atoms with E-state index in [2.05, 4.69) is 10.2 Å². The number of methoxy groups -OCH3 is 1. The number of nitrogens with one attached hydrogen (secondary N) is 1. The zero-order valence-corrected chi connectivity index (χ0v) is 14.3. The first-order chi connectivity index (χ1) is 11.4. The maximum absolute atomic E-state index is 12.5. The highest BCUT2D eigenvalue weighted by molar-refractivity contribution is 6.33. The van der Waals surface area contributed by atoms with E-state index in [9.17, 15) is 14.7 Å². The van der Waals surface area contributed by atoms with Crippen LogP contribution in [-0.4, -0.2) is 48.8 Å². The Morgan fingerprint density at radius 2 is 2.08 bits per heavy atom. The molecule has 3 rings (SSSR count). The van der Waals surface area contributed by atoms with Gasteiger partial charge in [-0.25, -0.2) is 4.79 Å². The van der Waals surface area contributed by atoms with E-state index in [4.69, 9.17) is 16.3 Å². The van der Waals surface area contributed by atoms with Gasteiger partial charge in [0.1, 0.15) is 5.54 Å². The highest BCUT2D eigenvalue weighted by Crippen LogP contribution is 2.36. The van der Waals surface area contributed by atoms with Crippen LogP contribution in [0.5, 0.6) is 0 Å². The van der Waals surface area contributed by atoms with Crippen LogP contribution in [0.15, 0.2) is 24.3 Å². The van der Waals surface area contributed by atoms with Crippen molar-refractivity contribution in [3.63, 3.8) is 0 Å². The number of benzene rings is 1. The zero-order valence-electron chi connectivity index (χ0n) is 13.5. The summed E-state index contributed by atoms with van der Waals surface area (Å²) in [5.74, 6) is -1.44. The molecule has 0 bridgehead atoms. The third-order valence-electron chi connectivity index (χ3n) is 5.01. The van der Waals surface area contributed by atoms with E-state index >= 15 is 0 Å². The molecule has 1 unspecified atom stereocenters. The fourth-order valence-electron chi connectivity index (χ4n) is 3.45. The topological polar surface area (TPSA) is 78.9 Å². The molecule has 1 amide bonds. The summed E-state index contributed by atoms with van der Waals surface area (Å²) in [5.41, 5.74) is -0.277.